The van der Waals surface area contributed by atoms with E-state index in [4.69, 9.17) is 43.4 Å². The van der Waals surface area contributed by atoms with Gasteiger partial charge in [-0.3, -0.25) is 0 Å². The van der Waals surface area contributed by atoms with Gasteiger partial charge in [0, 0.05) is 23.5 Å². The summed E-state index contributed by atoms with van der Waals surface area (Å²) in [6.45, 7) is 11.9. The molecular weight excluding hydrogens is 1090 g/mol. The molecule has 0 fully saturated rings. The van der Waals surface area contributed by atoms with Gasteiger partial charge in [-0.25, -0.2) is 0 Å². The lowest BCUT2D eigenvalue weighted by Crippen LogP contribution is -2.25. The lowest BCUT2D eigenvalue weighted by Gasteiger charge is -2.17. The number of hydrogen-bond acceptors (Lipinski definition) is 6. The fourth-order valence-corrected chi connectivity index (χ4v) is 12.3. The van der Waals surface area contributed by atoms with Crippen LogP contribution in [0.25, 0.3) is 0 Å². The van der Waals surface area contributed by atoms with Gasteiger partial charge in [0.1, 0.15) is 9.98 Å². The molecule has 0 aliphatic rings. The van der Waals surface area contributed by atoms with Crippen LogP contribution in [0.4, 0.5) is 11.4 Å². The van der Waals surface area contributed by atoms with Crippen LogP contribution in [0.2, 0.25) is 0 Å². The Kier molecular flexibility index (Phi) is 57.9. The van der Waals surface area contributed by atoms with Crippen LogP contribution in [0.3, 0.4) is 0 Å². The highest BCUT2D eigenvalue weighted by Gasteiger charge is 2.14. The smallest absolute Gasteiger partial charge is 0.163 e. The first kappa shape index (κ1) is 79.5. The van der Waals surface area contributed by atoms with Crippen molar-refractivity contribution in [3.8, 4) is 23.0 Å². The van der Waals surface area contributed by atoms with Gasteiger partial charge in [0.2, 0.25) is 0 Å². The van der Waals surface area contributed by atoms with Gasteiger partial charge < -0.3 is 29.6 Å². The highest BCUT2D eigenvalue weighted by atomic mass is 32.1. The van der Waals surface area contributed by atoms with Gasteiger partial charge in [0.05, 0.1) is 26.4 Å². The van der Waals surface area contributed by atoms with E-state index in [-0.39, 0.29) is 0 Å². The largest absolute Gasteiger partial charge is 0.490 e. The number of thiocarbonyl (C=S) groups is 2. The van der Waals surface area contributed by atoms with Crippen molar-refractivity contribution in [1.29, 1.82) is 0 Å². The van der Waals surface area contributed by atoms with Crippen LogP contribution in [-0.2, 0) is 0 Å². The maximum atomic E-state index is 6.51. The molecule has 2 rings (SSSR count). The lowest BCUT2D eigenvalue weighted by atomic mass is 10.0. The molecule has 2 N–H and O–H groups in total. The number of unbranched alkanes of at least 4 members (excludes halogenated alkanes) is 52. The minimum atomic E-state index is 0.456. The van der Waals surface area contributed by atoms with Crippen LogP contribution in [0.5, 0.6) is 23.0 Å². The quantitative estimate of drug-likeness (QED) is 0.0502. The van der Waals surface area contributed by atoms with E-state index in [0.717, 1.165) is 60.1 Å². The van der Waals surface area contributed by atoms with Gasteiger partial charge in [0.15, 0.2) is 23.0 Å². The molecule has 0 heterocycles. The second-order valence-corrected chi connectivity index (χ2v) is 26.8. The molecule has 0 spiro atoms. The first-order valence-electron chi connectivity index (χ1n) is 37.9. The second-order valence-electron chi connectivity index (χ2n) is 26.0. The third-order valence-electron chi connectivity index (χ3n) is 17.6. The third kappa shape index (κ3) is 49.2. The topological polar surface area (TPSA) is 61.0 Å². The fraction of sp³-hybridized carbons (Fsp3) is 0.821. The molecule has 0 aliphatic heterocycles. The van der Waals surface area contributed by atoms with Crippen LogP contribution >= 0.6 is 24.4 Å². The van der Waals surface area contributed by atoms with E-state index >= 15 is 0 Å². The second kappa shape index (κ2) is 62.6. The summed E-state index contributed by atoms with van der Waals surface area (Å²) < 4.78 is 25.9. The fourth-order valence-electron chi connectivity index (χ4n) is 11.9. The van der Waals surface area contributed by atoms with Gasteiger partial charge >= 0.3 is 0 Å². The Hall–Kier alpha value is -2.58. The minimum absolute atomic E-state index is 0.456. The minimum Gasteiger partial charge on any atom is -0.490 e. The Bertz CT molecular complexity index is 1660. The molecule has 0 unspecified atom stereocenters. The van der Waals surface area contributed by atoms with Gasteiger partial charge in [-0.15, -0.1) is 0 Å². The molecule has 498 valence electrons. The number of nitrogens with one attached hydrogen (secondary N) is 2. The molecule has 0 saturated heterocycles. The molecule has 0 radical (unpaired) electrons. The molecule has 8 heteroatoms. The predicted molar refractivity (Wildman–Crippen MR) is 389 cm³/mol. The van der Waals surface area contributed by atoms with E-state index in [1.807, 2.05) is 36.4 Å². The van der Waals surface area contributed by atoms with Gasteiger partial charge in [-0.2, -0.15) is 0 Å². The van der Waals surface area contributed by atoms with Crippen molar-refractivity contribution in [2.24, 2.45) is 0 Å². The SMILES string of the molecule is CCCCCCCCCCCCCCCCOc1ccc(NC(=S)C(=S)Nc2ccc(OCCCCCCCCCCCCCCCC)c(OCCCCCCCCCCCCCCCC)c2)cc1OCCCCCCCCCCCCCCCC. The van der Waals surface area contributed by atoms with Crippen LogP contribution in [-0.4, -0.2) is 36.4 Å². The lowest BCUT2D eigenvalue weighted by molar-refractivity contribution is 0.258. The summed E-state index contributed by atoms with van der Waals surface area (Å²) in [6.07, 6.45) is 75.2. The standard InChI is InChI=1S/C78H140N2O4S2/c1-5-9-13-17-21-25-29-33-37-41-45-49-53-57-65-81-73-63-61-71(69-75(73)83-67-59-55-51-47-43-39-35-31-27-23-19-15-11-7-3)79-77(85)78(86)80-72-62-64-74(82-66-58-54-50-46-42-38-34-30-26-22-18-14-10-6-2)76(70-72)84-68-60-56-52-48-44-40-36-32-28-24-20-16-12-8-4/h61-64,69-70H,5-60,65-68H2,1-4H3,(H,79,85)(H,80,86). The predicted octanol–water partition coefficient (Wildman–Crippen LogP) is 27.3. The van der Waals surface area contributed by atoms with Crippen molar-refractivity contribution in [2.75, 3.05) is 37.1 Å². The van der Waals surface area contributed by atoms with Crippen molar-refractivity contribution in [3.05, 3.63) is 36.4 Å². The molecule has 0 saturated carbocycles. The van der Waals surface area contributed by atoms with Crippen molar-refractivity contribution < 1.29 is 18.9 Å². The van der Waals surface area contributed by atoms with Gasteiger partial charge in [-0.05, 0) is 49.9 Å². The average Bonchev–Trinajstić information content (AvgIpc) is 2.67. The first-order chi connectivity index (χ1) is 42.5. The first-order valence-corrected chi connectivity index (χ1v) is 38.8. The zero-order chi connectivity index (χ0) is 61.5. The summed E-state index contributed by atoms with van der Waals surface area (Å²) in [7, 11) is 0. The Labute approximate surface area is 545 Å². The summed E-state index contributed by atoms with van der Waals surface area (Å²) in [5.74, 6) is 3.13. The van der Waals surface area contributed by atoms with E-state index in [1.165, 1.54) is 334 Å². The van der Waals surface area contributed by atoms with Crippen LogP contribution in [0, 0.1) is 0 Å². The van der Waals surface area contributed by atoms with E-state index in [0.29, 0.717) is 36.4 Å². The van der Waals surface area contributed by atoms with Gasteiger partial charge in [0.25, 0.3) is 0 Å². The molecule has 0 atom stereocenters. The third-order valence-corrected chi connectivity index (χ3v) is 18.4. The maximum Gasteiger partial charge on any atom is 0.163 e. The van der Waals surface area contributed by atoms with Crippen LogP contribution < -0.4 is 29.6 Å². The molecule has 0 bridgehead atoms. The number of rotatable bonds is 66. The summed E-state index contributed by atoms with van der Waals surface area (Å²) in [5.41, 5.74) is 1.67. The molecule has 2 aromatic carbocycles. The summed E-state index contributed by atoms with van der Waals surface area (Å²) in [5, 5.41) is 6.85. The number of ether oxygens (including phenoxy) is 4. The van der Waals surface area contributed by atoms with Crippen LogP contribution in [0.1, 0.15) is 387 Å². The number of anilines is 2. The number of benzene rings is 2. The highest BCUT2D eigenvalue weighted by molar-refractivity contribution is 7.89. The average molecular weight is 1230 g/mol. The van der Waals surface area contributed by atoms with Crippen molar-refractivity contribution in [1.82, 2.24) is 0 Å². The molecule has 0 aliphatic carbocycles. The van der Waals surface area contributed by atoms with Crippen molar-refractivity contribution in [3.63, 3.8) is 0 Å². The van der Waals surface area contributed by atoms with E-state index in [2.05, 4.69) is 38.3 Å². The van der Waals surface area contributed by atoms with Crippen LogP contribution in [0.15, 0.2) is 36.4 Å². The van der Waals surface area contributed by atoms with E-state index < -0.39 is 0 Å². The molecular formula is C78H140N2O4S2. The highest BCUT2D eigenvalue weighted by Crippen LogP contribution is 2.34. The Morgan fingerprint density at radius 3 is 0.581 bits per heavy atom. The Balaban J connectivity index is 1.94. The molecule has 6 nitrogen and oxygen atoms in total. The molecule has 86 heavy (non-hydrogen) atoms. The Morgan fingerprint density at radius 1 is 0.233 bits per heavy atom. The molecule has 0 amide bonds. The van der Waals surface area contributed by atoms with Gasteiger partial charge in [-0.1, -0.05) is 386 Å². The monoisotopic (exact) mass is 1230 g/mol. The Morgan fingerprint density at radius 2 is 0.395 bits per heavy atom. The summed E-state index contributed by atoms with van der Waals surface area (Å²) in [4.78, 5) is 0.911. The number of hydrogen-bond donors (Lipinski definition) is 2. The van der Waals surface area contributed by atoms with Crippen molar-refractivity contribution in [2.45, 2.75) is 387 Å². The normalized spacial score (nSPS) is 11.3. The van der Waals surface area contributed by atoms with E-state index in [1.54, 1.807) is 0 Å². The summed E-state index contributed by atoms with van der Waals surface area (Å²) in [6, 6.07) is 12.2. The van der Waals surface area contributed by atoms with E-state index in [9.17, 15) is 0 Å². The maximum absolute atomic E-state index is 6.51. The van der Waals surface area contributed by atoms with Crippen molar-refractivity contribution >= 4 is 45.8 Å². The summed E-state index contributed by atoms with van der Waals surface area (Å²) >= 11 is 11.9. The molecule has 2 aromatic rings. The zero-order valence-electron chi connectivity index (χ0n) is 57.3. The zero-order valence-corrected chi connectivity index (χ0v) is 59.0. The molecule has 0 aromatic heterocycles.